The Labute approximate surface area is 186 Å². The maximum Gasteiger partial charge on any atom is 0.209 e. The fraction of sp³-hybridized carbons (Fsp3) is 0.0417. The topological polar surface area (TPSA) is 78.2 Å². The highest BCUT2D eigenvalue weighted by atomic mass is 19.2. The molecule has 0 atom stereocenters. The van der Waals surface area contributed by atoms with Crippen LogP contribution in [0.25, 0.3) is 11.4 Å². The Morgan fingerprint density at radius 3 is 2.33 bits per heavy atom. The predicted octanol–water partition coefficient (Wildman–Crippen LogP) is 4.42. The first-order valence-corrected chi connectivity index (χ1v) is 9.83. The van der Waals surface area contributed by atoms with Crippen LogP contribution >= 0.6 is 0 Å². The Hall–Kier alpha value is -4.40. The smallest absolute Gasteiger partial charge is 0.209 e. The van der Waals surface area contributed by atoms with Crippen LogP contribution in [0.2, 0.25) is 0 Å². The summed E-state index contributed by atoms with van der Waals surface area (Å²) in [5.74, 6) is -2.80. The minimum Gasteiger partial charge on any atom is -0.402 e. The zero-order valence-electron chi connectivity index (χ0n) is 17.4. The molecule has 0 spiro atoms. The van der Waals surface area contributed by atoms with Crippen molar-refractivity contribution in [1.82, 2.24) is 14.3 Å². The Kier molecular flexibility index (Phi) is 5.95. The zero-order valence-corrected chi connectivity index (χ0v) is 17.4. The van der Waals surface area contributed by atoms with E-state index in [4.69, 9.17) is 5.73 Å². The third-order valence-corrected chi connectivity index (χ3v) is 4.63. The lowest BCUT2D eigenvalue weighted by atomic mass is 10.2. The number of aromatic nitrogens is 3. The number of nitrogens with two attached hydrogens (primary N) is 1. The third-order valence-electron chi connectivity index (χ3n) is 4.63. The monoisotopic (exact) mass is 449 g/mol. The average molecular weight is 449 g/mol. The molecule has 0 bridgehead atoms. The fourth-order valence-electron chi connectivity index (χ4n) is 3.13. The highest BCUT2D eigenvalue weighted by molar-refractivity contribution is 6.08. The molecule has 0 aliphatic carbocycles. The number of rotatable bonds is 5. The summed E-state index contributed by atoms with van der Waals surface area (Å²) < 4.78 is 43.9. The lowest BCUT2D eigenvalue weighted by Crippen LogP contribution is -2.21. The molecule has 0 unspecified atom stereocenters. The molecule has 166 valence electrons. The molecule has 0 amide bonds. The van der Waals surface area contributed by atoms with Gasteiger partial charge in [0.1, 0.15) is 5.69 Å². The van der Waals surface area contributed by atoms with Crippen LogP contribution in [0.1, 0.15) is 12.6 Å². The van der Waals surface area contributed by atoms with Gasteiger partial charge in [-0.2, -0.15) is 5.10 Å². The molecule has 2 aromatic heterocycles. The normalized spacial score (nSPS) is 12.2. The lowest BCUT2D eigenvalue weighted by Gasteiger charge is -2.11. The molecule has 2 N–H and O–H groups in total. The number of hydrogen-bond acceptors (Lipinski definition) is 4. The molecule has 9 heteroatoms. The van der Waals surface area contributed by atoms with E-state index in [1.165, 1.54) is 35.2 Å². The number of nitrogens with zero attached hydrogens (tertiary/aromatic N) is 4. The van der Waals surface area contributed by atoms with Crippen molar-refractivity contribution in [3.05, 3.63) is 118 Å². The van der Waals surface area contributed by atoms with Gasteiger partial charge in [-0.3, -0.25) is 4.79 Å². The second-order valence-electron chi connectivity index (χ2n) is 7.19. The zero-order chi connectivity index (χ0) is 23.5. The summed E-state index contributed by atoms with van der Waals surface area (Å²) in [5, 5.41) is 4.28. The van der Waals surface area contributed by atoms with Crippen molar-refractivity contribution in [1.29, 1.82) is 0 Å². The first-order chi connectivity index (χ1) is 15.8. The Morgan fingerprint density at radius 2 is 1.70 bits per heavy atom. The lowest BCUT2D eigenvalue weighted by molar-refractivity contribution is 0.516. The highest BCUT2D eigenvalue weighted by Gasteiger charge is 2.14. The van der Waals surface area contributed by atoms with Gasteiger partial charge in [0.2, 0.25) is 5.43 Å². The van der Waals surface area contributed by atoms with Gasteiger partial charge in [0.25, 0.3) is 0 Å². The van der Waals surface area contributed by atoms with Crippen LogP contribution in [0.4, 0.5) is 18.9 Å². The summed E-state index contributed by atoms with van der Waals surface area (Å²) >= 11 is 0. The van der Waals surface area contributed by atoms with E-state index in [1.54, 1.807) is 31.2 Å². The van der Waals surface area contributed by atoms with Crippen molar-refractivity contribution >= 4 is 11.4 Å². The SMILES string of the molecule is CC(N)=CC(=Nc1ccccc1)c1nn(-c2ccc(-n3cc(F)c(F)c3)cc2F)ccc1=O. The van der Waals surface area contributed by atoms with Crippen LogP contribution in [0.15, 0.2) is 94.7 Å². The van der Waals surface area contributed by atoms with Crippen molar-refractivity contribution in [2.24, 2.45) is 10.7 Å². The standard InChI is InChI=1S/C24H18F3N5O/c1-15(28)11-21(29-16-5-3-2-4-6-16)24-23(33)9-10-32(30-24)22-8-7-17(12-18(22)25)31-13-19(26)20(27)14-31/h2-14H,28H2,1H3. The molecule has 0 fully saturated rings. The van der Waals surface area contributed by atoms with Crippen molar-refractivity contribution in [2.75, 3.05) is 0 Å². The van der Waals surface area contributed by atoms with E-state index in [1.807, 2.05) is 6.07 Å². The van der Waals surface area contributed by atoms with Gasteiger partial charge in [-0.1, -0.05) is 18.2 Å². The van der Waals surface area contributed by atoms with E-state index >= 15 is 0 Å². The van der Waals surface area contributed by atoms with Crippen molar-refractivity contribution in [2.45, 2.75) is 6.92 Å². The summed E-state index contributed by atoms with van der Waals surface area (Å²) in [7, 11) is 0. The number of halogens is 3. The van der Waals surface area contributed by atoms with Crippen LogP contribution in [-0.2, 0) is 0 Å². The molecule has 0 saturated heterocycles. The maximum atomic E-state index is 14.9. The maximum absolute atomic E-state index is 14.9. The molecule has 2 aromatic carbocycles. The van der Waals surface area contributed by atoms with E-state index in [9.17, 15) is 18.0 Å². The second-order valence-corrected chi connectivity index (χ2v) is 7.19. The minimum atomic E-state index is -1.04. The largest absolute Gasteiger partial charge is 0.402 e. The van der Waals surface area contributed by atoms with Gasteiger partial charge in [0.05, 0.1) is 11.4 Å². The molecular weight excluding hydrogens is 431 g/mol. The summed E-state index contributed by atoms with van der Waals surface area (Å²) in [4.78, 5) is 17.0. The number of allylic oxidation sites excluding steroid dienone is 2. The van der Waals surface area contributed by atoms with E-state index < -0.39 is 22.9 Å². The van der Waals surface area contributed by atoms with Gasteiger partial charge in [0.15, 0.2) is 23.1 Å². The number of benzene rings is 2. The van der Waals surface area contributed by atoms with Crippen LogP contribution in [0.3, 0.4) is 0 Å². The molecule has 6 nitrogen and oxygen atoms in total. The summed E-state index contributed by atoms with van der Waals surface area (Å²) in [5.41, 5.74) is 6.83. The van der Waals surface area contributed by atoms with E-state index in [0.717, 1.165) is 23.0 Å². The van der Waals surface area contributed by atoms with Gasteiger partial charge in [-0.25, -0.2) is 22.8 Å². The van der Waals surface area contributed by atoms with Crippen molar-refractivity contribution < 1.29 is 13.2 Å². The molecule has 2 heterocycles. The van der Waals surface area contributed by atoms with Gasteiger partial charge >= 0.3 is 0 Å². The third kappa shape index (κ3) is 4.77. The summed E-state index contributed by atoms with van der Waals surface area (Å²) in [6.07, 6.45) is 4.65. The molecule has 0 radical (unpaired) electrons. The summed E-state index contributed by atoms with van der Waals surface area (Å²) in [6.45, 7) is 1.65. The van der Waals surface area contributed by atoms with Crippen molar-refractivity contribution in [3.8, 4) is 11.4 Å². The van der Waals surface area contributed by atoms with Crippen molar-refractivity contribution in [3.63, 3.8) is 0 Å². The number of para-hydroxylation sites is 1. The quantitative estimate of drug-likeness (QED) is 0.458. The number of hydrogen-bond donors (Lipinski definition) is 1. The van der Waals surface area contributed by atoms with Crippen LogP contribution < -0.4 is 11.2 Å². The Bertz CT molecular complexity index is 1410. The van der Waals surface area contributed by atoms with E-state index in [-0.39, 0.29) is 22.8 Å². The Morgan fingerprint density at radius 1 is 1.00 bits per heavy atom. The Balaban J connectivity index is 1.79. The highest BCUT2D eigenvalue weighted by Crippen LogP contribution is 2.19. The minimum absolute atomic E-state index is 0.0239. The molecule has 33 heavy (non-hydrogen) atoms. The average Bonchev–Trinajstić information content (AvgIpc) is 3.12. The molecule has 0 aliphatic rings. The molecule has 0 aliphatic heterocycles. The fourth-order valence-corrected chi connectivity index (χ4v) is 3.13. The number of aliphatic imine (C=N–C) groups is 1. The van der Waals surface area contributed by atoms with Gasteiger partial charge < -0.3 is 10.3 Å². The second kappa shape index (κ2) is 8.99. The van der Waals surface area contributed by atoms with Crippen LogP contribution in [0, 0.1) is 17.5 Å². The molecule has 4 aromatic rings. The first kappa shape index (κ1) is 21.8. The molecule has 0 saturated carbocycles. The molecular formula is C24H18F3N5O. The van der Waals surface area contributed by atoms with Crippen LogP contribution in [-0.4, -0.2) is 20.1 Å². The predicted molar refractivity (Wildman–Crippen MR) is 120 cm³/mol. The van der Waals surface area contributed by atoms with Gasteiger partial charge in [0, 0.05) is 42.1 Å². The summed E-state index contributed by atoms with van der Waals surface area (Å²) in [6, 6.07) is 14.2. The molecule has 4 rings (SSSR count). The van der Waals surface area contributed by atoms with Gasteiger partial charge in [-0.05, 0) is 37.3 Å². The first-order valence-electron chi connectivity index (χ1n) is 9.83. The van der Waals surface area contributed by atoms with E-state index in [2.05, 4.69) is 10.1 Å². The van der Waals surface area contributed by atoms with E-state index in [0.29, 0.717) is 11.4 Å². The van der Waals surface area contributed by atoms with Gasteiger partial charge in [-0.15, -0.1) is 0 Å². The van der Waals surface area contributed by atoms with Crippen LogP contribution in [0.5, 0.6) is 0 Å².